The first kappa shape index (κ1) is 12.4. The van der Waals surface area contributed by atoms with E-state index in [-0.39, 0.29) is 6.10 Å². The Balaban J connectivity index is 3.67. The average Bonchev–Trinajstić information content (AvgIpc) is 2.14. The molecular formula is C11H20O2. The van der Waals surface area contributed by atoms with Gasteiger partial charge in [0.1, 0.15) is 6.29 Å². The van der Waals surface area contributed by atoms with Crippen molar-refractivity contribution < 1.29 is 9.90 Å². The van der Waals surface area contributed by atoms with Crippen molar-refractivity contribution >= 4 is 6.29 Å². The Hall–Kier alpha value is -0.630. The summed E-state index contributed by atoms with van der Waals surface area (Å²) >= 11 is 0. The Morgan fingerprint density at radius 1 is 1.46 bits per heavy atom. The van der Waals surface area contributed by atoms with E-state index >= 15 is 0 Å². The molecule has 0 aliphatic heterocycles. The second-order valence-electron chi connectivity index (χ2n) is 3.36. The number of aliphatic hydroxyl groups excluding tert-OH is 1. The Morgan fingerprint density at radius 3 is 2.69 bits per heavy atom. The molecule has 0 heterocycles. The van der Waals surface area contributed by atoms with E-state index in [1.165, 1.54) is 6.42 Å². The monoisotopic (exact) mass is 184 g/mol. The molecule has 0 bridgehead atoms. The molecule has 76 valence electrons. The molecule has 0 aromatic rings. The van der Waals surface area contributed by atoms with Gasteiger partial charge in [-0.25, -0.2) is 0 Å². The van der Waals surface area contributed by atoms with Gasteiger partial charge in [0, 0.05) is 6.42 Å². The molecule has 13 heavy (non-hydrogen) atoms. The van der Waals surface area contributed by atoms with Gasteiger partial charge in [0.15, 0.2) is 0 Å². The van der Waals surface area contributed by atoms with Gasteiger partial charge in [-0.2, -0.15) is 0 Å². The van der Waals surface area contributed by atoms with E-state index in [1.807, 2.05) is 6.92 Å². The van der Waals surface area contributed by atoms with Crippen molar-refractivity contribution in [3.8, 4) is 0 Å². The fraction of sp³-hybridized carbons (Fsp3) is 0.727. The molecule has 0 aliphatic carbocycles. The summed E-state index contributed by atoms with van der Waals surface area (Å²) in [5.74, 6) is 0. The molecule has 0 aromatic carbocycles. The maximum atomic E-state index is 10.1. The summed E-state index contributed by atoms with van der Waals surface area (Å²) in [5, 5.41) is 9.59. The number of hydrogen-bond donors (Lipinski definition) is 1. The van der Waals surface area contributed by atoms with Crippen molar-refractivity contribution in [1.29, 1.82) is 0 Å². The summed E-state index contributed by atoms with van der Waals surface area (Å²) in [6, 6.07) is 0. The molecular weight excluding hydrogens is 164 g/mol. The van der Waals surface area contributed by atoms with E-state index in [4.69, 9.17) is 0 Å². The van der Waals surface area contributed by atoms with Gasteiger partial charge in [0.2, 0.25) is 0 Å². The van der Waals surface area contributed by atoms with Crippen LogP contribution in [0.5, 0.6) is 0 Å². The smallest absolute Gasteiger partial charge is 0.123 e. The van der Waals surface area contributed by atoms with Crippen LogP contribution < -0.4 is 0 Å². The molecule has 0 aromatic heterocycles. The first-order valence-electron chi connectivity index (χ1n) is 5.00. The Morgan fingerprint density at radius 2 is 2.15 bits per heavy atom. The summed E-state index contributed by atoms with van der Waals surface area (Å²) in [6.45, 7) is 4.02. The third-order valence-corrected chi connectivity index (χ3v) is 2.14. The van der Waals surface area contributed by atoms with Crippen LogP contribution in [0, 0.1) is 0 Å². The molecule has 0 aliphatic rings. The first-order valence-corrected chi connectivity index (χ1v) is 5.00. The molecule has 1 atom stereocenters. The third kappa shape index (κ3) is 6.52. The zero-order valence-corrected chi connectivity index (χ0v) is 8.62. The lowest BCUT2D eigenvalue weighted by Gasteiger charge is -2.10. The predicted octanol–water partition coefficient (Wildman–Crippen LogP) is 2.46. The number of aldehydes is 1. The lowest BCUT2D eigenvalue weighted by molar-refractivity contribution is -0.107. The molecule has 0 radical (unpaired) electrons. The van der Waals surface area contributed by atoms with E-state index in [0.717, 1.165) is 31.1 Å². The maximum absolute atomic E-state index is 10.1. The predicted molar refractivity (Wildman–Crippen MR) is 54.6 cm³/mol. The van der Waals surface area contributed by atoms with Gasteiger partial charge in [-0.3, -0.25) is 0 Å². The number of carbonyl (C=O) groups is 1. The third-order valence-electron chi connectivity index (χ3n) is 2.14. The van der Waals surface area contributed by atoms with Crippen LogP contribution in [0.15, 0.2) is 11.6 Å². The van der Waals surface area contributed by atoms with Crippen LogP contribution in [-0.2, 0) is 4.79 Å². The van der Waals surface area contributed by atoms with Crippen molar-refractivity contribution in [2.75, 3.05) is 0 Å². The molecule has 0 rings (SSSR count). The molecule has 0 fully saturated rings. The standard InChI is InChI=1S/C11H20O2/c1-3-4-5-8-11(13)10(2)7-6-9-12/h7,9,11,13H,3-6,8H2,1-2H3/b10-7+. The van der Waals surface area contributed by atoms with Gasteiger partial charge < -0.3 is 9.90 Å². The van der Waals surface area contributed by atoms with E-state index in [9.17, 15) is 9.90 Å². The lowest BCUT2D eigenvalue weighted by Crippen LogP contribution is -2.07. The fourth-order valence-electron chi connectivity index (χ4n) is 1.19. The van der Waals surface area contributed by atoms with Crippen LogP contribution in [0.1, 0.15) is 46.0 Å². The molecule has 1 N–H and O–H groups in total. The molecule has 0 saturated carbocycles. The molecule has 0 saturated heterocycles. The van der Waals surface area contributed by atoms with Gasteiger partial charge in [-0.05, 0) is 18.9 Å². The van der Waals surface area contributed by atoms with Gasteiger partial charge in [0.25, 0.3) is 0 Å². The van der Waals surface area contributed by atoms with E-state index in [1.54, 1.807) is 6.08 Å². The van der Waals surface area contributed by atoms with Gasteiger partial charge in [-0.1, -0.05) is 32.3 Å². The zero-order valence-electron chi connectivity index (χ0n) is 8.62. The number of aliphatic hydroxyl groups is 1. The van der Waals surface area contributed by atoms with Crippen LogP contribution in [0.2, 0.25) is 0 Å². The van der Waals surface area contributed by atoms with Crippen molar-refractivity contribution in [3.63, 3.8) is 0 Å². The Labute approximate surface area is 80.7 Å². The SMILES string of the molecule is CCCCCC(O)/C(C)=C/CC=O. The molecule has 1 unspecified atom stereocenters. The van der Waals surface area contributed by atoms with Crippen LogP contribution in [0.3, 0.4) is 0 Å². The second kappa shape index (κ2) is 7.99. The van der Waals surface area contributed by atoms with Crippen molar-refractivity contribution in [2.24, 2.45) is 0 Å². The van der Waals surface area contributed by atoms with Crippen molar-refractivity contribution in [3.05, 3.63) is 11.6 Å². The lowest BCUT2D eigenvalue weighted by atomic mass is 10.0. The number of hydrogen-bond acceptors (Lipinski definition) is 2. The van der Waals surface area contributed by atoms with Gasteiger partial charge in [-0.15, -0.1) is 0 Å². The Kier molecular flexibility index (Phi) is 7.60. The molecule has 0 spiro atoms. The Bertz CT molecular complexity index is 161. The normalized spacial score (nSPS) is 14.2. The van der Waals surface area contributed by atoms with E-state index in [2.05, 4.69) is 6.92 Å². The number of allylic oxidation sites excluding steroid dienone is 1. The number of rotatable bonds is 7. The maximum Gasteiger partial charge on any atom is 0.123 e. The highest BCUT2D eigenvalue weighted by Crippen LogP contribution is 2.10. The summed E-state index contributed by atoms with van der Waals surface area (Å²) in [4.78, 5) is 10.1. The van der Waals surface area contributed by atoms with Crippen LogP contribution in [0.4, 0.5) is 0 Å². The number of unbranched alkanes of at least 4 members (excludes halogenated alkanes) is 2. The molecule has 2 nitrogen and oxygen atoms in total. The highest BCUT2D eigenvalue weighted by atomic mass is 16.3. The largest absolute Gasteiger partial charge is 0.389 e. The summed E-state index contributed by atoms with van der Waals surface area (Å²) in [5.41, 5.74) is 0.920. The van der Waals surface area contributed by atoms with E-state index in [0.29, 0.717) is 6.42 Å². The van der Waals surface area contributed by atoms with Crippen LogP contribution in [-0.4, -0.2) is 17.5 Å². The summed E-state index contributed by atoms with van der Waals surface area (Å²) in [7, 11) is 0. The van der Waals surface area contributed by atoms with Gasteiger partial charge >= 0.3 is 0 Å². The minimum atomic E-state index is -0.355. The minimum Gasteiger partial charge on any atom is -0.389 e. The fourth-order valence-corrected chi connectivity index (χ4v) is 1.19. The molecule has 2 heteroatoms. The van der Waals surface area contributed by atoms with E-state index < -0.39 is 0 Å². The highest BCUT2D eigenvalue weighted by Gasteiger charge is 2.04. The zero-order chi connectivity index (χ0) is 10.1. The van der Waals surface area contributed by atoms with Crippen molar-refractivity contribution in [1.82, 2.24) is 0 Å². The average molecular weight is 184 g/mol. The second-order valence-corrected chi connectivity index (χ2v) is 3.36. The topological polar surface area (TPSA) is 37.3 Å². The molecule has 0 amide bonds. The quantitative estimate of drug-likeness (QED) is 0.375. The highest BCUT2D eigenvalue weighted by molar-refractivity contribution is 5.52. The van der Waals surface area contributed by atoms with Crippen LogP contribution in [0.25, 0.3) is 0 Å². The minimum absolute atomic E-state index is 0.355. The van der Waals surface area contributed by atoms with Gasteiger partial charge in [0.05, 0.1) is 6.10 Å². The van der Waals surface area contributed by atoms with Crippen LogP contribution >= 0.6 is 0 Å². The first-order chi connectivity index (χ1) is 6.22. The van der Waals surface area contributed by atoms with Crippen molar-refractivity contribution in [2.45, 2.75) is 52.1 Å². The summed E-state index contributed by atoms with van der Waals surface area (Å²) < 4.78 is 0. The number of carbonyl (C=O) groups excluding carboxylic acids is 1. The summed E-state index contributed by atoms with van der Waals surface area (Å²) in [6.07, 6.45) is 6.91.